The van der Waals surface area contributed by atoms with Gasteiger partial charge in [0.05, 0.1) is 0 Å². The summed E-state index contributed by atoms with van der Waals surface area (Å²) in [5, 5.41) is 3.31. The van der Waals surface area contributed by atoms with Gasteiger partial charge in [-0.25, -0.2) is 4.39 Å². The van der Waals surface area contributed by atoms with Crippen molar-refractivity contribution in [3.63, 3.8) is 0 Å². The Morgan fingerprint density at radius 2 is 2.21 bits per heavy atom. The highest BCUT2D eigenvalue weighted by atomic mass is 127. The van der Waals surface area contributed by atoms with Gasteiger partial charge in [0, 0.05) is 15.4 Å². The van der Waals surface area contributed by atoms with E-state index in [2.05, 4.69) is 43.8 Å². The molecule has 0 spiro atoms. The molecule has 0 heterocycles. The molecule has 1 nitrogen and oxygen atoms in total. The van der Waals surface area contributed by atoms with Crippen LogP contribution >= 0.6 is 38.5 Å². The lowest BCUT2D eigenvalue weighted by Gasteiger charge is -2.05. The van der Waals surface area contributed by atoms with E-state index in [-0.39, 0.29) is 5.82 Å². The Morgan fingerprint density at radius 1 is 1.43 bits per heavy atom. The van der Waals surface area contributed by atoms with Crippen LogP contribution in [0.3, 0.4) is 0 Å². The molecule has 0 bridgehead atoms. The summed E-state index contributed by atoms with van der Waals surface area (Å²) in [7, 11) is 0. The number of alkyl halides is 1. The predicted molar refractivity (Wildman–Crippen MR) is 69.3 cm³/mol. The van der Waals surface area contributed by atoms with Crippen molar-refractivity contribution in [3.8, 4) is 0 Å². The number of rotatable bonds is 5. The van der Waals surface area contributed by atoms with E-state index in [0.717, 1.165) is 27.6 Å². The second-order valence-corrected chi connectivity index (χ2v) is 4.89. The van der Waals surface area contributed by atoms with E-state index in [4.69, 9.17) is 0 Å². The molecule has 0 saturated carbocycles. The van der Waals surface area contributed by atoms with E-state index in [9.17, 15) is 4.39 Å². The fraction of sp³-hybridized carbons (Fsp3) is 0.400. The average Bonchev–Trinajstić information content (AvgIpc) is 2.15. The van der Waals surface area contributed by atoms with Crippen molar-refractivity contribution in [2.75, 3.05) is 11.0 Å². The molecule has 0 aliphatic heterocycles. The molecule has 1 aromatic carbocycles. The summed E-state index contributed by atoms with van der Waals surface area (Å²) in [6.07, 6.45) is 1.17. The third-order valence-electron chi connectivity index (χ3n) is 1.82. The van der Waals surface area contributed by atoms with Gasteiger partial charge in [0.25, 0.3) is 0 Å². The molecule has 0 unspecified atom stereocenters. The van der Waals surface area contributed by atoms with Crippen LogP contribution in [0.15, 0.2) is 22.7 Å². The first kappa shape index (κ1) is 12.4. The summed E-state index contributed by atoms with van der Waals surface area (Å²) in [4.78, 5) is 0. The monoisotopic (exact) mass is 371 g/mol. The Balaban J connectivity index is 2.42. The molecule has 0 aliphatic rings. The minimum atomic E-state index is -0.201. The molecule has 0 amide bonds. The second-order valence-electron chi connectivity index (χ2n) is 2.96. The van der Waals surface area contributed by atoms with Gasteiger partial charge in [-0.1, -0.05) is 44.6 Å². The van der Waals surface area contributed by atoms with E-state index in [0.29, 0.717) is 0 Å². The van der Waals surface area contributed by atoms with Gasteiger partial charge < -0.3 is 5.32 Å². The van der Waals surface area contributed by atoms with Gasteiger partial charge in [0.15, 0.2) is 0 Å². The van der Waals surface area contributed by atoms with Crippen LogP contribution in [0.2, 0.25) is 0 Å². The molecule has 0 aromatic heterocycles. The van der Waals surface area contributed by atoms with Gasteiger partial charge in [-0.05, 0) is 30.7 Å². The van der Waals surface area contributed by atoms with E-state index < -0.39 is 0 Å². The molecule has 0 saturated heterocycles. The van der Waals surface area contributed by atoms with E-state index in [1.807, 2.05) is 0 Å². The highest BCUT2D eigenvalue weighted by Gasteiger charge is 2.00. The SMILES string of the molecule is Fc1ccc(CNCCCI)c(Br)c1. The molecule has 1 N–H and O–H groups in total. The molecule has 1 aromatic rings. The normalized spacial score (nSPS) is 10.5. The first-order valence-corrected chi connectivity index (χ1v) is 6.76. The Hall–Kier alpha value is 0.320. The Bertz CT molecular complexity index is 293. The van der Waals surface area contributed by atoms with Crippen LogP contribution < -0.4 is 5.32 Å². The zero-order valence-corrected chi connectivity index (χ0v) is 11.4. The zero-order chi connectivity index (χ0) is 10.4. The van der Waals surface area contributed by atoms with Gasteiger partial charge >= 0.3 is 0 Å². The summed E-state index contributed by atoms with van der Waals surface area (Å²) < 4.78 is 14.7. The average molecular weight is 372 g/mol. The third kappa shape index (κ3) is 4.23. The molecule has 0 aliphatic carbocycles. The van der Waals surface area contributed by atoms with Crippen LogP contribution in [0.4, 0.5) is 4.39 Å². The number of halogens is 3. The van der Waals surface area contributed by atoms with Crippen molar-refractivity contribution in [3.05, 3.63) is 34.1 Å². The van der Waals surface area contributed by atoms with Crippen LogP contribution in [0.1, 0.15) is 12.0 Å². The van der Waals surface area contributed by atoms with Crippen LogP contribution in [0.25, 0.3) is 0 Å². The minimum absolute atomic E-state index is 0.201. The minimum Gasteiger partial charge on any atom is -0.313 e. The van der Waals surface area contributed by atoms with Gasteiger partial charge in [-0.15, -0.1) is 0 Å². The maximum Gasteiger partial charge on any atom is 0.124 e. The number of hydrogen-bond acceptors (Lipinski definition) is 1. The quantitative estimate of drug-likeness (QED) is 0.474. The Labute approximate surface area is 106 Å². The summed E-state index contributed by atoms with van der Waals surface area (Å²) in [5.41, 5.74) is 1.10. The van der Waals surface area contributed by atoms with Crippen LogP contribution in [0.5, 0.6) is 0 Å². The standard InChI is InChI=1S/C10H12BrFIN/c11-10-6-9(12)3-2-8(10)7-14-5-1-4-13/h2-3,6,14H,1,4-5,7H2. The molecule has 0 atom stereocenters. The molecular weight excluding hydrogens is 360 g/mol. The predicted octanol–water partition coefficient (Wildman–Crippen LogP) is 3.50. The molecule has 14 heavy (non-hydrogen) atoms. The van der Waals surface area contributed by atoms with E-state index in [1.165, 1.54) is 18.6 Å². The highest BCUT2D eigenvalue weighted by molar-refractivity contribution is 14.1. The summed E-state index contributed by atoms with van der Waals surface area (Å²) in [6.45, 7) is 1.80. The van der Waals surface area contributed by atoms with Gasteiger partial charge in [0.2, 0.25) is 0 Å². The van der Waals surface area contributed by atoms with Crippen LogP contribution in [-0.4, -0.2) is 11.0 Å². The number of benzene rings is 1. The smallest absolute Gasteiger partial charge is 0.124 e. The maximum atomic E-state index is 12.7. The summed E-state index contributed by atoms with van der Waals surface area (Å²) in [6, 6.07) is 4.78. The van der Waals surface area contributed by atoms with Crippen molar-refractivity contribution in [1.29, 1.82) is 0 Å². The lowest BCUT2D eigenvalue weighted by atomic mass is 10.2. The van der Waals surface area contributed by atoms with E-state index >= 15 is 0 Å². The molecule has 1 rings (SSSR count). The summed E-state index contributed by atoms with van der Waals surface area (Å²) in [5.74, 6) is -0.201. The molecular formula is C10H12BrFIN. The van der Waals surface area contributed by atoms with Crippen LogP contribution in [-0.2, 0) is 6.54 Å². The van der Waals surface area contributed by atoms with Gasteiger partial charge in [-0.3, -0.25) is 0 Å². The van der Waals surface area contributed by atoms with Crippen molar-refractivity contribution in [2.24, 2.45) is 0 Å². The number of nitrogens with one attached hydrogen (secondary N) is 1. The maximum absolute atomic E-state index is 12.7. The van der Waals surface area contributed by atoms with Gasteiger partial charge in [-0.2, -0.15) is 0 Å². The summed E-state index contributed by atoms with van der Waals surface area (Å²) >= 11 is 5.69. The fourth-order valence-corrected chi connectivity index (χ4v) is 1.95. The third-order valence-corrected chi connectivity index (χ3v) is 3.32. The van der Waals surface area contributed by atoms with Crippen LogP contribution in [0, 0.1) is 5.82 Å². The van der Waals surface area contributed by atoms with Crippen molar-refractivity contribution < 1.29 is 4.39 Å². The van der Waals surface area contributed by atoms with Crippen molar-refractivity contribution in [1.82, 2.24) is 5.32 Å². The first-order valence-electron chi connectivity index (χ1n) is 4.44. The Morgan fingerprint density at radius 3 is 2.86 bits per heavy atom. The topological polar surface area (TPSA) is 12.0 Å². The lowest BCUT2D eigenvalue weighted by Crippen LogP contribution is -2.15. The highest BCUT2D eigenvalue weighted by Crippen LogP contribution is 2.17. The molecule has 0 radical (unpaired) electrons. The van der Waals surface area contributed by atoms with Gasteiger partial charge in [0.1, 0.15) is 5.82 Å². The molecule has 78 valence electrons. The van der Waals surface area contributed by atoms with E-state index in [1.54, 1.807) is 6.07 Å². The second kappa shape index (κ2) is 6.74. The Kier molecular flexibility index (Phi) is 5.96. The van der Waals surface area contributed by atoms with Crippen molar-refractivity contribution >= 4 is 38.5 Å². The number of hydrogen-bond donors (Lipinski definition) is 1. The fourth-order valence-electron chi connectivity index (χ4n) is 1.08. The molecule has 4 heteroatoms. The van der Waals surface area contributed by atoms with Crippen molar-refractivity contribution in [2.45, 2.75) is 13.0 Å². The first-order chi connectivity index (χ1) is 6.74. The zero-order valence-electron chi connectivity index (χ0n) is 7.69. The molecule has 0 fully saturated rings. The lowest BCUT2D eigenvalue weighted by molar-refractivity contribution is 0.623. The largest absolute Gasteiger partial charge is 0.313 e.